The van der Waals surface area contributed by atoms with Crippen LogP contribution in [0.4, 0.5) is 5.69 Å². The first-order chi connectivity index (χ1) is 12.0. The van der Waals surface area contributed by atoms with Crippen LogP contribution in [0, 0.1) is 0 Å². The molecule has 0 N–H and O–H groups in total. The first-order valence-electron chi connectivity index (χ1n) is 7.82. The van der Waals surface area contributed by atoms with Crippen molar-refractivity contribution in [3.05, 3.63) is 69.3 Å². The molecule has 1 amide bonds. The van der Waals surface area contributed by atoms with Crippen molar-refractivity contribution >= 4 is 34.1 Å². The topological polar surface area (TPSA) is 65.4 Å². The Morgan fingerprint density at radius 3 is 2.42 bits per heavy atom. The van der Waals surface area contributed by atoms with E-state index in [4.69, 9.17) is 11.6 Å². The van der Waals surface area contributed by atoms with Gasteiger partial charge in [-0.3, -0.25) is 9.59 Å². The molecule has 0 aliphatic rings. The van der Waals surface area contributed by atoms with Gasteiger partial charge in [0.25, 0.3) is 5.91 Å². The number of rotatable bonds is 3. The number of amides is 1. The van der Waals surface area contributed by atoms with Crippen molar-refractivity contribution in [3.8, 4) is 5.88 Å². The average Bonchev–Trinajstić information content (AvgIpc) is 2.61. The summed E-state index contributed by atoms with van der Waals surface area (Å²) >= 11 is 6.15. The van der Waals surface area contributed by atoms with Crippen molar-refractivity contribution < 1.29 is 28.8 Å². The van der Waals surface area contributed by atoms with Crippen LogP contribution in [0.1, 0.15) is 17.3 Å². The van der Waals surface area contributed by atoms with Gasteiger partial charge in [0.1, 0.15) is 0 Å². The predicted molar refractivity (Wildman–Crippen MR) is 97.4 cm³/mol. The van der Waals surface area contributed by atoms with Crippen molar-refractivity contribution in [2.45, 2.75) is 6.92 Å². The van der Waals surface area contributed by atoms with E-state index in [0.717, 1.165) is 0 Å². The first kappa shape index (κ1) is 20.1. The van der Waals surface area contributed by atoms with Crippen molar-refractivity contribution in [1.29, 1.82) is 0 Å². The Kier molecular flexibility index (Phi) is 6.20. The maximum atomic E-state index is 13.0. The van der Waals surface area contributed by atoms with Gasteiger partial charge in [-0.25, -0.2) is 0 Å². The smallest absolute Gasteiger partial charge is 0.859 e. The summed E-state index contributed by atoms with van der Waals surface area (Å²) in [5.74, 6) is -1.25. The molecule has 0 radical (unpaired) electrons. The van der Waals surface area contributed by atoms with Gasteiger partial charge in [-0.2, -0.15) is 0 Å². The van der Waals surface area contributed by atoms with E-state index in [0.29, 0.717) is 17.7 Å². The van der Waals surface area contributed by atoms with Gasteiger partial charge in [0.05, 0.1) is 21.5 Å². The average molecular weight is 363 g/mol. The molecule has 5 nitrogen and oxygen atoms in total. The predicted octanol–water partition coefficient (Wildman–Crippen LogP) is -0.0638. The zero-order valence-electron chi connectivity index (χ0n) is 14.8. The summed E-state index contributed by atoms with van der Waals surface area (Å²) in [6, 6.07) is 13.8. The second kappa shape index (κ2) is 8.01. The number of nitrogens with zero attached hydrogens (tertiary/aromatic N) is 2. The Bertz CT molecular complexity index is 1020. The van der Waals surface area contributed by atoms with Crippen LogP contribution in [0.15, 0.2) is 53.3 Å². The molecule has 0 aliphatic carbocycles. The Labute approximate surface area is 168 Å². The van der Waals surface area contributed by atoms with Gasteiger partial charge < -0.3 is 14.6 Å². The van der Waals surface area contributed by atoms with Crippen LogP contribution in [0.3, 0.4) is 0 Å². The summed E-state index contributed by atoms with van der Waals surface area (Å²) in [4.78, 5) is 27.3. The molecule has 0 fully saturated rings. The fourth-order valence-electron chi connectivity index (χ4n) is 2.89. The van der Waals surface area contributed by atoms with E-state index in [1.807, 2.05) is 6.07 Å². The zero-order valence-corrected chi connectivity index (χ0v) is 15.6. The van der Waals surface area contributed by atoms with E-state index in [9.17, 15) is 14.7 Å². The van der Waals surface area contributed by atoms with E-state index in [1.165, 1.54) is 16.5 Å². The van der Waals surface area contributed by atoms with Crippen LogP contribution in [0.25, 0.3) is 10.9 Å². The normalized spacial score (nSPS) is 10.4. The molecule has 3 rings (SSSR count). The molecule has 26 heavy (non-hydrogen) atoms. The number of anilines is 1. The summed E-state index contributed by atoms with van der Waals surface area (Å²) in [7, 11) is 1.52. The summed E-state index contributed by atoms with van der Waals surface area (Å²) in [5.41, 5.74) is -0.00518. The Morgan fingerprint density at radius 1 is 1.15 bits per heavy atom. The quantitative estimate of drug-likeness (QED) is 0.613. The number of carbonyl (C=O) groups is 1. The summed E-state index contributed by atoms with van der Waals surface area (Å²) in [6.07, 6.45) is 0. The third-order valence-electron chi connectivity index (χ3n) is 4.17. The molecule has 2 aromatic carbocycles. The van der Waals surface area contributed by atoms with E-state index < -0.39 is 22.8 Å². The van der Waals surface area contributed by atoms with Crippen LogP contribution in [0.2, 0.25) is 5.02 Å². The van der Waals surface area contributed by atoms with Gasteiger partial charge in [0.2, 0.25) is 5.43 Å². The van der Waals surface area contributed by atoms with Gasteiger partial charge in [0, 0.05) is 19.3 Å². The molecule has 0 bridgehead atoms. The standard InChI is InChI=1S/C19H17ClN2O3.Li/c1-3-22(12-8-5-4-6-9-12)19(25)16-17(23)15-13(20)10-7-11-14(15)21(2)18(16)24;/h4-11,24H,3H2,1-2H3;/q;+1/p-1. The second-order valence-electron chi connectivity index (χ2n) is 5.59. The number of benzene rings is 2. The minimum atomic E-state index is -0.636. The molecule has 7 heteroatoms. The molecule has 0 atom stereocenters. The van der Waals surface area contributed by atoms with Crippen molar-refractivity contribution in [1.82, 2.24) is 4.57 Å². The Hall–Kier alpha value is -2.19. The van der Waals surface area contributed by atoms with Gasteiger partial charge in [-0.15, -0.1) is 0 Å². The fourth-order valence-corrected chi connectivity index (χ4v) is 3.15. The number of fused-ring (bicyclic) bond motifs is 1. The van der Waals surface area contributed by atoms with E-state index >= 15 is 0 Å². The van der Waals surface area contributed by atoms with Crippen LogP contribution >= 0.6 is 11.6 Å². The molecule has 0 aliphatic heterocycles. The monoisotopic (exact) mass is 362 g/mol. The Morgan fingerprint density at radius 2 is 1.81 bits per heavy atom. The molecule has 0 saturated heterocycles. The summed E-state index contributed by atoms with van der Waals surface area (Å²) in [6.45, 7) is 2.11. The van der Waals surface area contributed by atoms with Crippen molar-refractivity contribution in [3.63, 3.8) is 0 Å². The molecular formula is C19H16ClLiN2O3. The number of pyridine rings is 1. The number of halogens is 1. The van der Waals surface area contributed by atoms with Crippen LogP contribution in [0.5, 0.6) is 5.88 Å². The second-order valence-corrected chi connectivity index (χ2v) is 5.99. The third kappa shape index (κ3) is 3.26. The number of carbonyl (C=O) groups excluding carboxylic acids is 1. The van der Waals surface area contributed by atoms with E-state index in [1.54, 1.807) is 49.4 Å². The molecule has 1 heterocycles. The maximum absolute atomic E-state index is 13.0. The van der Waals surface area contributed by atoms with Gasteiger partial charge in [0.15, 0.2) is 0 Å². The fraction of sp³-hybridized carbons (Fsp3) is 0.158. The third-order valence-corrected chi connectivity index (χ3v) is 4.48. The van der Waals surface area contributed by atoms with Crippen molar-refractivity contribution in [2.75, 3.05) is 11.4 Å². The molecule has 0 unspecified atom stereocenters. The first-order valence-corrected chi connectivity index (χ1v) is 8.20. The molecule has 128 valence electrons. The largest absolute Gasteiger partial charge is 1.00 e. The van der Waals surface area contributed by atoms with Crippen LogP contribution in [-0.4, -0.2) is 17.0 Å². The van der Waals surface area contributed by atoms with Crippen molar-refractivity contribution in [2.24, 2.45) is 7.05 Å². The zero-order chi connectivity index (χ0) is 18.1. The number of hydrogen-bond acceptors (Lipinski definition) is 3. The van der Waals surface area contributed by atoms with Gasteiger partial charge in [-0.1, -0.05) is 35.9 Å². The van der Waals surface area contributed by atoms with E-state index in [2.05, 4.69) is 0 Å². The minimum Gasteiger partial charge on any atom is -0.859 e. The molecule has 3 aromatic rings. The van der Waals surface area contributed by atoms with Crippen LogP contribution in [-0.2, 0) is 7.05 Å². The van der Waals surface area contributed by atoms with Gasteiger partial charge >= 0.3 is 18.9 Å². The van der Waals surface area contributed by atoms with E-state index in [-0.39, 0.29) is 29.3 Å². The molecule has 0 saturated carbocycles. The SMILES string of the molecule is CCN(C(=O)c1c([O-])n(C)c2cccc(Cl)c2c1=O)c1ccccc1.[Li+]. The molecular weight excluding hydrogens is 347 g/mol. The van der Waals surface area contributed by atoms with Gasteiger partial charge in [-0.05, 0) is 37.1 Å². The summed E-state index contributed by atoms with van der Waals surface area (Å²) in [5, 5.41) is 13.1. The maximum Gasteiger partial charge on any atom is 1.00 e. The summed E-state index contributed by atoms with van der Waals surface area (Å²) < 4.78 is 1.29. The number of aromatic nitrogens is 1. The van der Waals surface area contributed by atoms with Crippen LogP contribution < -0.4 is 34.3 Å². The molecule has 0 spiro atoms. The molecule has 1 aromatic heterocycles. The Balaban J connectivity index is 0.00000243. The number of aryl methyl sites for hydroxylation is 1. The minimum absolute atomic E-state index is 0. The number of para-hydroxylation sites is 1. The number of hydrogen-bond donors (Lipinski definition) is 0.